The van der Waals surface area contributed by atoms with E-state index in [1.165, 1.54) is 17.8 Å². The van der Waals surface area contributed by atoms with Gasteiger partial charge in [0.05, 0.1) is 0 Å². The first kappa shape index (κ1) is 16.7. The fourth-order valence-corrected chi connectivity index (χ4v) is 3.37. The van der Waals surface area contributed by atoms with Crippen LogP contribution in [0.3, 0.4) is 0 Å². The van der Waals surface area contributed by atoms with Crippen molar-refractivity contribution in [2.75, 3.05) is 13.1 Å². The summed E-state index contributed by atoms with van der Waals surface area (Å²) in [4.78, 5) is 6.01. The molecular formula is C22H21FN2O. The lowest BCUT2D eigenvalue weighted by atomic mass is 10.0. The first-order chi connectivity index (χ1) is 12.7. The molecule has 1 aliphatic rings. The van der Waals surface area contributed by atoms with Crippen LogP contribution in [-0.4, -0.2) is 23.0 Å². The van der Waals surface area contributed by atoms with Gasteiger partial charge in [-0.1, -0.05) is 49.4 Å². The Bertz CT molecular complexity index is 895. The highest BCUT2D eigenvalue weighted by Gasteiger charge is 2.23. The molecule has 132 valence electrons. The molecule has 3 nitrogen and oxygen atoms in total. The summed E-state index contributed by atoms with van der Waals surface area (Å²) in [6.07, 6.45) is 1.46. The third kappa shape index (κ3) is 3.46. The summed E-state index contributed by atoms with van der Waals surface area (Å²) >= 11 is 0. The molecule has 0 saturated carbocycles. The highest BCUT2D eigenvalue weighted by molar-refractivity contribution is 5.63. The van der Waals surface area contributed by atoms with Crippen molar-refractivity contribution in [1.82, 2.24) is 9.88 Å². The van der Waals surface area contributed by atoms with Gasteiger partial charge < -0.3 is 4.74 Å². The molecule has 0 radical (unpaired) electrons. The highest BCUT2D eigenvalue weighted by Crippen LogP contribution is 2.31. The van der Waals surface area contributed by atoms with E-state index in [2.05, 4.69) is 41.1 Å². The van der Waals surface area contributed by atoms with Crippen LogP contribution < -0.4 is 4.74 Å². The van der Waals surface area contributed by atoms with Gasteiger partial charge in [0.15, 0.2) is 0 Å². The third-order valence-electron chi connectivity index (χ3n) is 4.85. The van der Waals surface area contributed by atoms with Crippen LogP contribution in [0.15, 0.2) is 66.9 Å². The molecular weight excluding hydrogens is 327 g/mol. The van der Waals surface area contributed by atoms with Crippen LogP contribution in [0.5, 0.6) is 5.75 Å². The summed E-state index contributed by atoms with van der Waals surface area (Å²) in [6.45, 7) is 4.89. The Kier molecular flexibility index (Phi) is 4.67. The lowest BCUT2D eigenvalue weighted by Crippen LogP contribution is -2.27. The Balaban J connectivity index is 1.62. The summed E-state index contributed by atoms with van der Waals surface area (Å²) in [5.41, 5.74) is 4.14. The maximum atomic E-state index is 13.4. The van der Waals surface area contributed by atoms with Crippen LogP contribution in [0, 0.1) is 5.95 Å². The Morgan fingerprint density at radius 1 is 1.08 bits per heavy atom. The van der Waals surface area contributed by atoms with Gasteiger partial charge in [-0.2, -0.15) is 4.39 Å². The fourth-order valence-electron chi connectivity index (χ4n) is 3.37. The molecule has 0 fully saturated rings. The van der Waals surface area contributed by atoms with Crippen LogP contribution >= 0.6 is 0 Å². The van der Waals surface area contributed by atoms with Crippen molar-refractivity contribution < 1.29 is 9.13 Å². The molecule has 3 aromatic rings. The van der Waals surface area contributed by atoms with Gasteiger partial charge in [-0.15, -0.1) is 0 Å². The number of benzene rings is 2. The van der Waals surface area contributed by atoms with Crippen molar-refractivity contribution in [3.63, 3.8) is 0 Å². The van der Waals surface area contributed by atoms with E-state index in [-0.39, 0.29) is 6.10 Å². The van der Waals surface area contributed by atoms with E-state index < -0.39 is 5.95 Å². The number of aromatic nitrogens is 1. The molecule has 1 aliphatic heterocycles. The van der Waals surface area contributed by atoms with Crippen molar-refractivity contribution in [2.24, 2.45) is 0 Å². The van der Waals surface area contributed by atoms with Gasteiger partial charge in [0.25, 0.3) is 0 Å². The van der Waals surface area contributed by atoms with Crippen molar-refractivity contribution in [2.45, 2.75) is 19.6 Å². The molecule has 0 saturated heterocycles. The molecule has 1 atom stereocenters. The third-order valence-corrected chi connectivity index (χ3v) is 4.85. The summed E-state index contributed by atoms with van der Waals surface area (Å²) in [7, 11) is 0. The molecule has 4 heteroatoms. The fraction of sp³-hybridized carbons (Fsp3) is 0.227. The number of ether oxygens (including phenoxy) is 1. The molecule has 2 heterocycles. The maximum absolute atomic E-state index is 13.4. The van der Waals surface area contributed by atoms with E-state index in [4.69, 9.17) is 4.74 Å². The average molecular weight is 348 g/mol. The summed E-state index contributed by atoms with van der Waals surface area (Å²) in [5.74, 6) is 0.489. The Morgan fingerprint density at radius 2 is 1.88 bits per heavy atom. The van der Waals surface area contributed by atoms with Crippen molar-refractivity contribution in [1.29, 1.82) is 0 Å². The van der Waals surface area contributed by atoms with E-state index in [1.807, 2.05) is 30.3 Å². The average Bonchev–Trinajstić information content (AvgIpc) is 2.87. The molecule has 0 spiro atoms. The molecule has 4 rings (SSSR count). The smallest absolute Gasteiger partial charge is 0.213 e. The topological polar surface area (TPSA) is 25.4 Å². The quantitative estimate of drug-likeness (QED) is 0.633. The molecule has 0 amide bonds. The minimum atomic E-state index is -0.464. The second-order valence-electron chi connectivity index (χ2n) is 6.53. The Morgan fingerprint density at radius 3 is 2.65 bits per heavy atom. The van der Waals surface area contributed by atoms with Gasteiger partial charge >= 0.3 is 0 Å². The van der Waals surface area contributed by atoms with Crippen molar-refractivity contribution >= 4 is 0 Å². The first-order valence-electron chi connectivity index (χ1n) is 8.91. The predicted molar refractivity (Wildman–Crippen MR) is 100 cm³/mol. The normalized spacial score (nSPS) is 17.2. The van der Waals surface area contributed by atoms with Crippen molar-refractivity contribution in [3.05, 3.63) is 83.9 Å². The van der Waals surface area contributed by atoms with Gasteiger partial charge in [0.2, 0.25) is 5.95 Å². The van der Waals surface area contributed by atoms with E-state index in [1.54, 1.807) is 0 Å². The largest absolute Gasteiger partial charge is 0.484 e. The van der Waals surface area contributed by atoms with E-state index in [9.17, 15) is 4.39 Å². The number of para-hydroxylation sites is 1. The number of halogens is 1. The van der Waals surface area contributed by atoms with Gasteiger partial charge in [-0.25, -0.2) is 4.98 Å². The highest BCUT2D eigenvalue weighted by atomic mass is 19.1. The number of likely N-dealkylation sites (N-methyl/N-ethyl adjacent to an activating group) is 1. The zero-order chi connectivity index (χ0) is 17.9. The molecule has 1 aromatic heterocycles. The van der Waals surface area contributed by atoms with Gasteiger partial charge in [0, 0.05) is 30.9 Å². The molecule has 2 aromatic carbocycles. The second kappa shape index (κ2) is 7.26. The molecule has 1 unspecified atom stereocenters. The van der Waals surface area contributed by atoms with Crippen LogP contribution in [0.4, 0.5) is 4.39 Å². The number of hydrogen-bond acceptors (Lipinski definition) is 3. The van der Waals surface area contributed by atoms with E-state index in [0.29, 0.717) is 0 Å². The van der Waals surface area contributed by atoms with Crippen LogP contribution in [0.25, 0.3) is 11.1 Å². The SMILES string of the molecule is CCN1Cc2ccccc2OC(c2ccc(-c3ccnc(F)c3)cc2)C1. The lowest BCUT2D eigenvalue weighted by molar-refractivity contribution is 0.152. The molecule has 26 heavy (non-hydrogen) atoms. The molecule has 0 bridgehead atoms. The lowest BCUT2D eigenvalue weighted by Gasteiger charge is -2.23. The van der Waals surface area contributed by atoms with Gasteiger partial charge in [-0.3, -0.25) is 4.90 Å². The molecule has 0 aliphatic carbocycles. The summed E-state index contributed by atoms with van der Waals surface area (Å²) in [5, 5.41) is 0. The maximum Gasteiger partial charge on any atom is 0.213 e. The van der Waals surface area contributed by atoms with Crippen LogP contribution in [0.1, 0.15) is 24.2 Å². The number of fused-ring (bicyclic) bond motifs is 1. The standard InChI is InChI=1S/C22H21FN2O/c1-2-25-14-19-5-3-4-6-20(19)26-21(15-25)17-9-7-16(8-10-17)18-11-12-24-22(23)13-18/h3-13,21H,2,14-15H2,1H3. The molecule has 0 N–H and O–H groups in total. The number of nitrogens with zero attached hydrogens (tertiary/aromatic N) is 2. The number of rotatable bonds is 3. The van der Waals surface area contributed by atoms with Crippen LogP contribution in [-0.2, 0) is 6.54 Å². The summed E-state index contributed by atoms with van der Waals surface area (Å²) in [6, 6.07) is 19.7. The number of hydrogen-bond donors (Lipinski definition) is 0. The van der Waals surface area contributed by atoms with Gasteiger partial charge in [0.1, 0.15) is 11.9 Å². The monoisotopic (exact) mass is 348 g/mol. The minimum absolute atomic E-state index is 0.0261. The Hall–Kier alpha value is -2.72. The van der Waals surface area contributed by atoms with Crippen molar-refractivity contribution in [3.8, 4) is 16.9 Å². The zero-order valence-electron chi connectivity index (χ0n) is 14.7. The first-order valence-corrected chi connectivity index (χ1v) is 8.91. The van der Waals surface area contributed by atoms with E-state index in [0.717, 1.165) is 42.1 Å². The minimum Gasteiger partial charge on any atom is -0.484 e. The summed E-state index contributed by atoms with van der Waals surface area (Å²) < 4.78 is 19.7. The number of pyridine rings is 1. The predicted octanol–water partition coefficient (Wildman–Crippen LogP) is 4.84. The second-order valence-corrected chi connectivity index (χ2v) is 6.53. The van der Waals surface area contributed by atoms with Crippen LogP contribution in [0.2, 0.25) is 0 Å². The zero-order valence-corrected chi connectivity index (χ0v) is 14.7. The van der Waals surface area contributed by atoms with E-state index >= 15 is 0 Å². The van der Waals surface area contributed by atoms with Gasteiger partial charge in [-0.05, 0) is 35.4 Å². The Labute approximate surface area is 153 Å².